The Morgan fingerprint density at radius 2 is 1.81 bits per heavy atom. The summed E-state index contributed by atoms with van der Waals surface area (Å²) >= 11 is 1.62. The van der Waals surface area contributed by atoms with E-state index in [0.29, 0.717) is 0 Å². The average molecular weight is 408 g/mol. The van der Waals surface area contributed by atoms with Gasteiger partial charge in [0.05, 0.1) is 19.9 Å². The summed E-state index contributed by atoms with van der Waals surface area (Å²) in [4.78, 5) is 0. The van der Waals surface area contributed by atoms with Crippen molar-refractivity contribution in [2.24, 2.45) is 0 Å². The van der Waals surface area contributed by atoms with Crippen LogP contribution in [0.25, 0.3) is 5.69 Å². The van der Waals surface area contributed by atoms with Gasteiger partial charge in [-0.25, -0.2) is 0 Å². The Morgan fingerprint density at radius 1 is 1.04 bits per heavy atom. The second-order valence-corrected chi connectivity index (χ2v) is 6.49. The molecule has 0 saturated carbocycles. The van der Waals surface area contributed by atoms with Crippen molar-refractivity contribution in [2.45, 2.75) is 11.7 Å². The van der Waals surface area contributed by atoms with E-state index in [1.54, 1.807) is 30.7 Å². The number of ether oxygens (including phenoxy) is 2. The van der Waals surface area contributed by atoms with Crippen molar-refractivity contribution in [3.63, 3.8) is 0 Å². The first-order valence-electron chi connectivity index (χ1n) is 8.20. The predicted molar refractivity (Wildman–Crippen MR) is 108 cm³/mol. The first kappa shape index (κ1) is 21.0. The molecule has 7 nitrogen and oxygen atoms in total. The summed E-state index contributed by atoms with van der Waals surface area (Å²) in [5, 5.41) is 16.1. The molecule has 0 atom stereocenters. The van der Waals surface area contributed by atoms with Gasteiger partial charge in [-0.15, -0.1) is 17.5 Å². The van der Waals surface area contributed by atoms with Crippen LogP contribution in [0.2, 0.25) is 0 Å². The van der Waals surface area contributed by atoms with Gasteiger partial charge in [-0.3, -0.25) is 0 Å². The van der Waals surface area contributed by atoms with Crippen molar-refractivity contribution in [3.8, 4) is 17.2 Å². The summed E-state index contributed by atoms with van der Waals surface area (Å²) in [6, 6.07) is 15.8. The van der Waals surface area contributed by atoms with E-state index >= 15 is 0 Å². The minimum atomic E-state index is 0. The van der Waals surface area contributed by atoms with Gasteiger partial charge in [-0.05, 0) is 40.3 Å². The molecular formula is C18H22ClN5O2S. The third-order valence-electron chi connectivity index (χ3n) is 3.73. The van der Waals surface area contributed by atoms with Gasteiger partial charge in [0.15, 0.2) is 11.5 Å². The molecule has 0 aliphatic carbocycles. The molecular weight excluding hydrogens is 386 g/mol. The molecule has 0 fully saturated rings. The van der Waals surface area contributed by atoms with Gasteiger partial charge in [-0.2, -0.15) is 4.68 Å². The minimum Gasteiger partial charge on any atom is -0.493 e. The minimum absolute atomic E-state index is 0. The first-order chi connectivity index (χ1) is 12.8. The van der Waals surface area contributed by atoms with Crippen molar-refractivity contribution in [3.05, 3.63) is 54.1 Å². The van der Waals surface area contributed by atoms with Crippen LogP contribution in [0.3, 0.4) is 0 Å². The number of benzene rings is 2. The van der Waals surface area contributed by atoms with Crippen molar-refractivity contribution in [1.29, 1.82) is 0 Å². The van der Waals surface area contributed by atoms with Gasteiger partial charge in [0.25, 0.3) is 0 Å². The lowest BCUT2D eigenvalue weighted by molar-refractivity contribution is 0.354. The topological polar surface area (TPSA) is 74.1 Å². The lowest BCUT2D eigenvalue weighted by Crippen LogP contribution is -2.16. The SMILES string of the molecule is COc1ccc(CNCCSc2nnnn2-c2ccccc2)cc1OC.Cl. The normalized spacial score (nSPS) is 10.3. The fourth-order valence-electron chi connectivity index (χ4n) is 2.44. The highest BCUT2D eigenvalue weighted by Gasteiger charge is 2.08. The van der Waals surface area contributed by atoms with Gasteiger partial charge < -0.3 is 14.8 Å². The summed E-state index contributed by atoms with van der Waals surface area (Å²) in [6.07, 6.45) is 0. The number of tetrazole rings is 1. The van der Waals surface area contributed by atoms with E-state index in [9.17, 15) is 0 Å². The Kier molecular flexibility index (Phi) is 8.38. The molecule has 1 N–H and O–H groups in total. The molecule has 0 aliphatic rings. The summed E-state index contributed by atoms with van der Waals surface area (Å²) in [6.45, 7) is 1.59. The predicted octanol–water partition coefficient (Wildman–Crippen LogP) is 2.98. The number of nitrogens with zero attached hydrogens (tertiary/aromatic N) is 4. The van der Waals surface area contributed by atoms with Crippen LogP contribution in [0.5, 0.6) is 11.5 Å². The summed E-state index contributed by atoms with van der Waals surface area (Å²) in [5.74, 6) is 2.34. The molecule has 1 aromatic heterocycles. The number of nitrogens with one attached hydrogen (secondary N) is 1. The summed E-state index contributed by atoms with van der Waals surface area (Å²) in [7, 11) is 3.28. The van der Waals surface area contributed by atoms with E-state index < -0.39 is 0 Å². The van der Waals surface area contributed by atoms with E-state index in [4.69, 9.17) is 9.47 Å². The number of hydrogen-bond acceptors (Lipinski definition) is 7. The largest absolute Gasteiger partial charge is 0.493 e. The van der Waals surface area contributed by atoms with Crippen LogP contribution in [-0.4, -0.2) is 46.7 Å². The Balaban J connectivity index is 0.00000261. The number of methoxy groups -OCH3 is 2. The molecule has 9 heteroatoms. The second-order valence-electron chi connectivity index (χ2n) is 5.42. The molecule has 0 saturated heterocycles. The van der Waals surface area contributed by atoms with E-state index in [1.165, 1.54) is 0 Å². The number of hydrogen-bond donors (Lipinski definition) is 1. The van der Waals surface area contributed by atoms with Crippen molar-refractivity contribution in [2.75, 3.05) is 26.5 Å². The summed E-state index contributed by atoms with van der Waals surface area (Å²) in [5.41, 5.74) is 2.10. The van der Waals surface area contributed by atoms with Crippen LogP contribution in [-0.2, 0) is 6.54 Å². The average Bonchev–Trinajstić information content (AvgIpc) is 3.16. The van der Waals surface area contributed by atoms with Gasteiger partial charge in [-0.1, -0.05) is 36.0 Å². The number of aromatic nitrogens is 4. The fourth-order valence-corrected chi connectivity index (χ4v) is 3.23. The van der Waals surface area contributed by atoms with E-state index in [0.717, 1.165) is 46.7 Å². The van der Waals surface area contributed by atoms with Crippen molar-refractivity contribution < 1.29 is 9.47 Å². The maximum Gasteiger partial charge on any atom is 0.214 e. The highest BCUT2D eigenvalue weighted by atomic mass is 35.5. The highest BCUT2D eigenvalue weighted by molar-refractivity contribution is 7.99. The molecule has 1 heterocycles. The van der Waals surface area contributed by atoms with Crippen LogP contribution in [0.4, 0.5) is 0 Å². The number of thioether (sulfide) groups is 1. The maximum absolute atomic E-state index is 5.33. The molecule has 0 unspecified atom stereocenters. The van der Waals surface area contributed by atoms with Crippen LogP contribution in [0, 0.1) is 0 Å². The third-order valence-corrected chi connectivity index (χ3v) is 4.65. The molecule has 27 heavy (non-hydrogen) atoms. The maximum atomic E-state index is 5.33. The molecule has 0 radical (unpaired) electrons. The molecule has 0 amide bonds. The molecule has 3 aromatic rings. The zero-order chi connectivity index (χ0) is 18.2. The van der Waals surface area contributed by atoms with E-state index in [-0.39, 0.29) is 12.4 Å². The zero-order valence-corrected chi connectivity index (χ0v) is 16.8. The molecule has 2 aromatic carbocycles. The Labute approximate surface area is 168 Å². The quantitative estimate of drug-likeness (QED) is 0.431. The monoisotopic (exact) mass is 407 g/mol. The molecule has 3 rings (SSSR count). The molecule has 0 aliphatic heterocycles. The van der Waals surface area contributed by atoms with Crippen LogP contribution < -0.4 is 14.8 Å². The van der Waals surface area contributed by atoms with E-state index in [1.807, 2.05) is 48.5 Å². The van der Waals surface area contributed by atoms with Gasteiger partial charge in [0.1, 0.15) is 0 Å². The number of para-hydroxylation sites is 1. The van der Waals surface area contributed by atoms with Gasteiger partial charge >= 0.3 is 0 Å². The smallest absolute Gasteiger partial charge is 0.214 e. The van der Waals surface area contributed by atoms with Crippen molar-refractivity contribution >= 4 is 24.2 Å². The number of rotatable bonds is 9. The van der Waals surface area contributed by atoms with Crippen LogP contribution in [0.1, 0.15) is 5.56 Å². The van der Waals surface area contributed by atoms with Crippen LogP contribution in [0.15, 0.2) is 53.7 Å². The van der Waals surface area contributed by atoms with E-state index in [2.05, 4.69) is 20.8 Å². The van der Waals surface area contributed by atoms with Crippen LogP contribution >= 0.6 is 24.2 Å². The summed E-state index contributed by atoms with van der Waals surface area (Å²) < 4.78 is 12.3. The fraction of sp³-hybridized carbons (Fsp3) is 0.278. The zero-order valence-electron chi connectivity index (χ0n) is 15.2. The van der Waals surface area contributed by atoms with Crippen molar-refractivity contribution in [1.82, 2.24) is 25.5 Å². The van der Waals surface area contributed by atoms with Gasteiger partial charge in [0, 0.05) is 18.8 Å². The number of halogens is 1. The molecule has 0 spiro atoms. The molecule has 144 valence electrons. The molecule has 0 bridgehead atoms. The van der Waals surface area contributed by atoms with Gasteiger partial charge in [0.2, 0.25) is 5.16 Å². The first-order valence-corrected chi connectivity index (χ1v) is 9.18. The third kappa shape index (κ3) is 5.59. The lowest BCUT2D eigenvalue weighted by atomic mass is 10.2. The Morgan fingerprint density at radius 3 is 2.56 bits per heavy atom. The highest BCUT2D eigenvalue weighted by Crippen LogP contribution is 2.27. The Bertz CT molecular complexity index is 832. The standard InChI is InChI=1S/C18H21N5O2S.ClH/c1-24-16-9-8-14(12-17(16)25-2)13-19-10-11-26-18-20-21-22-23(18)15-6-4-3-5-7-15;/h3-9,12,19H,10-11,13H2,1-2H3;1H. The Hall–Kier alpha value is -2.29. The second kappa shape index (κ2) is 10.8. The lowest BCUT2D eigenvalue weighted by Gasteiger charge is -2.10.